The summed E-state index contributed by atoms with van der Waals surface area (Å²) in [5.74, 6) is -1.29. The van der Waals surface area contributed by atoms with E-state index in [0.29, 0.717) is 23.4 Å². The number of rotatable bonds is 9. The average Bonchev–Trinajstić information content (AvgIpc) is 3.40. The summed E-state index contributed by atoms with van der Waals surface area (Å²) in [5.41, 5.74) is -0.0528. The molecule has 0 radical (unpaired) electrons. The number of hydrogen-bond donors (Lipinski definition) is 2. The Morgan fingerprint density at radius 1 is 1.15 bits per heavy atom. The molecule has 1 amide bonds. The second-order valence-corrected chi connectivity index (χ2v) is 9.36. The van der Waals surface area contributed by atoms with Gasteiger partial charge < -0.3 is 14.9 Å². The Labute approximate surface area is 219 Å². The molecular weight excluding hydrogens is 520 g/mol. The van der Waals surface area contributed by atoms with Crippen molar-refractivity contribution in [3.8, 4) is 11.1 Å². The summed E-state index contributed by atoms with van der Waals surface area (Å²) in [6.07, 6.45) is 1.88. The van der Waals surface area contributed by atoms with Gasteiger partial charge in [-0.2, -0.15) is 18.3 Å². The largest absolute Gasteiger partial charge is 0.511 e. The summed E-state index contributed by atoms with van der Waals surface area (Å²) in [6, 6.07) is 5.36. The molecule has 0 aliphatic heterocycles. The van der Waals surface area contributed by atoms with Crippen molar-refractivity contribution in [2.24, 2.45) is 0 Å². The zero-order valence-electron chi connectivity index (χ0n) is 20.4. The maximum atomic E-state index is 14.8. The maximum absolute atomic E-state index is 14.8. The third-order valence-corrected chi connectivity index (χ3v) is 6.38. The Kier molecular flexibility index (Phi) is 6.66. The quantitative estimate of drug-likeness (QED) is 0.228. The fraction of sp³-hybridized carbons (Fsp3) is 0.269. The molecule has 1 saturated carbocycles. The molecule has 202 valence electrons. The molecule has 5 rings (SSSR count). The fourth-order valence-electron chi connectivity index (χ4n) is 4.13. The van der Waals surface area contributed by atoms with Crippen molar-refractivity contribution < 1.29 is 32.0 Å². The molecule has 0 bridgehead atoms. The summed E-state index contributed by atoms with van der Waals surface area (Å²) in [4.78, 5) is 21.0. The van der Waals surface area contributed by atoms with E-state index in [9.17, 15) is 27.5 Å². The lowest BCUT2D eigenvalue weighted by molar-refractivity contribution is -0.165. The molecule has 1 aliphatic carbocycles. The molecule has 0 atom stereocenters. The molecule has 0 spiro atoms. The SMILES string of the molecule is C=C(O)Cn1cc(Cc2ncc(-c3ccc(CC(=O)Nc4cc(C5(C(F)(F)F)CC5)on4)c(F)c3)cn2)cn1. The topological polar surface area (TPSA) is 119 Å². The molecule has 0 unspecified atom stereocenters. The summed E-state index contributed by atoms with van der Waals surface area (Å²) in [5, 5.41) is 19.2. The molecule has 1 fully saturated rings. The number of nitrogens with zero attached hydrogens (tertiary/aromatic N) is 5. The van der Waals surface area contributed by atoms with Crippen molar-refractivity contribution in [3.63, 3.8) is 0 Å². The lowest BCUT2D eigenvalue weighted by Gasteiger charge is -2.14. The van der Waals surface area contributed by atoms with Crippen LogP contribution in [-0.4, -0.2) is 42.1 Å². The molecule has 4 aromatic rings. The maximum Gasteiger partial charge on any atom is 0.401 e. The molecule has 1 aromatic carbocycles. The molecule has 3 heterocycles. The van der Waals surface area contributed by atoms with Crippen LogP contribution in [0.2, 0.25) is 0 Å². The Hall–Kier alpha value is -4.55. The van der Waals surface area contributed by atoms with Crippen LogP contribution in [-0.2, 0) is 29.6 Å². The fourth-order valence-corrected chi connectivity index (χ4v) is 4.13. The van der Waals surface area contributed by atoms with Crippen molar-refractivity contribution >= 4 is 11.7 Å². The van der Waals surface area contributed by atoms with E-state index in [2.05, 4.69) is 32.1 Å². The van der Waals surface area contributed by atoms with Gasteiger partial charge in [0.25, 0.3) is 0 Å². The first-order valence-electron chi connectivity index (χ1n) is 11.8. The molecule has 13 heteroatoms. The minimum absolute atomic E-state index is 0.0103. The van der Waals surface area contributed by atoms with E-state index < -0.39 is 23.3 Å². The number of amides is 1. The van der Waals surface area contributed by atoms with E-state index in [-0.39, 0.29) is 48.7 Å². The summed E-state index contributed by atoms with van der Waals surface area (Å²) >= 11 is 0. The second kappa shape index (κ2) is 9.97. The third kappa shape index (κ3) is 5.66. The van der Waals surface area contributed by atoms with Crippen molar-refractivity contribution in [2.75, 3.05) is 5.32 Å². The third-order valence-electron chi connectivity index (χ3n) is 6.38. The number of allylic oxidation sites excluding steroid dienone is 1. The summed E-state index contributed by atoms with van der Waals surface area (Å²) < 4.78 is 60.9. The number of benzene rings is 1. The van der Waals surface area contributed by atoms with Crippen LogP contribution in [0.1, 0.15) is 35.6 Å². The Balaban J connectivity index is 1.19. The van der Waals surface area contributed by atoms with Gasteiger partial charge in [0, 0.05) is 36.6 Å². The summed E-state index contributed by atoms with van der Waals surface area (Å²) in [7, 11) is 0. The highest BCUT2D eigenvalue weighted by molar-refractivity contribution is 5.91. The van der Waals surface area contributed by atoms with E-state index in [4.69, 9.17) is 4.52 Å². The van der Waals surface area contributed by atoms with Crippen LogP contribution in [0, 0.1) is 5.82 Å². The highest BCUT2D eigenvalue weighted by Gasteiger charge is 2.66. The number of carbonyl (C=O) groups is 1. The van der Waals surface area contributed by atoms with Crippen molar-refractivity contribution in [3.05, 3.63) is 89.9 Å². The van der Waals surface area contributed by atoms with E-state index in [1.54, 1.807) is 30.9 Å². The van der Waals surface area contributed by atoms with E-state index in [0.717, 1.165) is 11.6 Å². The number of alkyl halides is 3. The van der Waals surface area contributed by atoms with Gasteiger partial charge in [-0.25, -0.2) is 14.4 Å². The Morgan fingerprint density at radius 2 is 1.90 bits per heavy atom. The number of anilines is 1. The Bertz CT molecular complexity index is 1520. The minimum atomic E-state index is -4.47. The minimum Gasteiger partial charge on any atom is -0.511 e. The van der Waals surface area contributed by atoms with Gasteiger partial charge in [-0.05, 0) is 35.6 Å². The first kappa shape index (κ1) is 26.1. The first-order chi connectivity index (χ1) is 18.5. The monoisotopic (exact) mass is 542 g/mol. The van der Waals surface area contributed by atoms with Crippen LogP contribution in [0.25, 0.3) is 11.1 Å². The van der Waals surface area contributed by atoms with Gasteiger partial charge >= 0.3 is 6.18 Å². The van der Waals surface area contributed by atoms with Crippen LogP contribution >= 0.6 is 0 Å². The molecule has 2 N–H and O–H groups in total. The van der Waals surface area contributed by atoms with Crippen molar-refractivity contribution in [1.29, 1.82) is 0 Å². The molecule has 39 heavy (non-hydrogen) atoms. The van der Waals surface area contributed by atoms with Gasteiger partial charge in [0.2, 0.25) is 5.91 Å². The highest BCUT2D eigenvalue weighted by Crippen LogP contribution is 2.59. The number of aliphatic hydroxyl groups is 1. The number of halogens is 4. The smallest absolute Gasteiger partial charge is 0.401 e. The predicted molar refractivity (Wildman–Crippen MR) is 130 cm³/mol. The number of hydrogen-bond acceptors (Lipinski definition) is 7. The van der Waals surface area contributed by atoms with Crippen molar-refractivity contribution in [1.82, 2.24) is 24.9 Å². The van der Waals surface area contributed by atoms with E-state index in [1.807, 2.05) is 0 Å². The standard InChI is InChI=1S/C26H22F4N6O3/c1-15(37)13-36-14-16(10-33-36)6-22-31-11-19(12-32-22)17-2-3-18(20(27)7-17)8-24(38)34-23-9-21(39-35-23)25(4-5-25)26(28,29)30/h2-3,7,9-12,14,37H,1,4-6,8,13H2,(H,34,35,38). The second-order valence-electron chi connectivity index (χ2n) is 9.36. The van der Waals surface area contributed by atoms with Gasteiger partial charge in [-0.15, -0.1) is 0 Å². The molecule has 1 aliphatic rings. The molecule has 9 nitrogen and oxygen atoms in total. The summed E-state index contributed by atoms with van der Waals surface area (Å²) in [6.45, 7) is 3.61. The molecule has 0 saturated heterocycles. The van der Waals surface area contributed by atoms with Gasteiger partial charge in [-0.1, -0.05) is 23.9 Å². The van der Waals surface area contributed by atoms with Crippen molar-refractivity contribution in [2.45, 2.75) is 43.8 Å². The van der Waals surface area contributed by atoms with Gasteiger partial charge in [-0.3, -0.25) is 9.48 Å². The zero-order chi connectivity index (χ0) is 27.8. The van der Waals surface area contributed by atoms with Crippen LogP contribution in [0.15, 0.2) is 65.9 Å². The number of carbonyl (C=O) groups excluding carboxylic acids is 1. The highest BCUT2D eigenvalue weighted by atomic mass is 19.4. The normalized spacial score (nSPS) is 14.3. The van der Waals surface area contributed by atoms with Gasteiger partial charge in [0.1, 0.15) is 22.8 Å². The van der Waals surface area contributed by atoms with Crippen LogP contribution in [0.5, 0.6) is 0 Å². The molecule has 3 aromatic heterocycles. The first-order valence-corrected chi connectivity index (χ1v) is 11.8. The van der Waals surface area contributed by atoms with Gasteiger partial charge in [0.15, 0.2) is 11.6 Å². The van der Waals surface area contributed by atoms with Gasteiger partial charge in [0.05, 0.1) is 19.2 Å². The number of aliphatic hydroxyl groups excluding tert-OH is 1. The number of nitrogens with one attached hydrogen (secondary N) is 1. The lowest BCUT2D eigenvalue weighted by Crippen LogP contribution is -2.28. The van der Waals surface area contributed by atoms with E-state index in [1.165, 1.54) is 16.8 Å². The van der Waals surface area contributed by atoms with Crippen LogP contribution < -0.4 is 5.32 Å². The lowest BCUT2D eigenvalue weighted by atomic mass is 10.0. The average molecular weight is 542 g/mol. The Morgan fingerprint density at radius 3 is 2.54 bits per heavy atom. The predicted octanol–water partition coefficient (Wildman–Crippen LogP) is 4.90. The van der Waals surface area contributed by atoms with Crippen LogP contribution in [0.4, 0.5) is 23.4 Å². The molecular formula is C26H22F4N6O3. The van der Waals surface area contributed by atoms with E-state index >= 15 is 0 Å². The number of aromatic nitrogens is 5. The zero-order valence-corrected chi connectivity index (χ0v) is 20.4. The van der Waals surface area contributed by atoms with Crippen LogP contribution in [0.3, 0.4) is 0 Å².